The maximum atomic E-state index is 13.5. The second-order valence-corrected chi connectivity index (χ2v) is 6.43. The summed E-state index contributed by atoms with van der Waals surface area (Å²) in [7, 11) is 2.11. The van der Waals surface area contributed by atoms with E-state index in [1.807, 2.05) is 0 Å². The van der Waals surface area contributed by atoms with E-state index in [-0.39, 0.29) is 5.82 Å². The smallest absolute Gasteiger partial charge is 0.141 e. The zero-order valence-corrected chi connectivity index (χ0v) is 13.5. The van der Waals surface area contributed by atoms with Gasteiger partial charge in [0.25, 0.3) is 0 Å². The van der Waals surface area contributed by atoms with Gasteiger partial charge in [0.2, 0.25) is 0 Å². The molecule has 2 rings (SSSR count). The van der Waals surface area contributed by atoms with Crippen molar-refractivity contribution in [2.45, 2.75) is 71.0 Å². The van der Waals surface area contributed by atoms with Crippen LogP contribution in [0.4, 0.5) is 10.2 Å². The molecule has 1 aliphatic carbocycles. The lowest BCUT2D eigenvalue weighted by Gasteiger charge is -2.30. The zero-order chi connectivity index (χ0) is 15.2. The van der Waals surface area contributed by atoms with E-state index < -0.39 is 0 Å². The number of nitrogens with zero attached hydrogens (tertiary/aromatic N) is 2. The molecule has 0 unspecified atom stereocenters. The van der Waals surface area contributed by atoms with Gasteiger partial charge >= 0.3 is 0 Å². The van der Waals surface area contributed by atoms with Crippen LogP contribution in [0.5, 0.6) is 0 Å². The van der Waals surface area contributed by atoms with Gasteiger partial charge in [-0.15, -0.1) is 0 Å². The van der Waals surface area contributed by atoms with E-state index in [0.717, 1.165) is 11.4 Å². The molecule has 0 radical (unpaired) electrons. The summed E-state index contributed by atoms with van der Waals surface area (Å²) >= 11 is 0. The molecule has 21 heavy (non-hydrogen) atoms. The Balaban J connectivity index is 2.16. The van der Waals surface area contributed by atoms with Crippen LogP contribution in [0.1, 0.15) is 57.9 Å². The number of pyridine rings is 1. The number of nitrogens with one attached hydrogen (secondary N) is 1. The Kier molecular flexibility index (Phi) is 5.97. The number of halogens is 1. The Hall–Kier alpha value is -1.16. The lowest BCUT2D eigenvalue weighted by atomic mass is 10.1. The molecule has 0 aromatic carbocycles. The van der Waals surface area contributed by atoms with Crippen LogP contribution in [0.25, 0.3) is 0 Å². The molecule has 3 nitrogen and oxygen atoms in total. The van der Waals surface area contributed by atoms with Crippen molar-refractivity contribution in [1.29, 1.82) is 0 Å². The number of rotatable bonds is 5. The van der Waals surface area contributed by atoms with Gasteiger partial charge < -0.3 is 10.2 Å². The molecule has 1 heterocycles. The fourth-order valence-electron chi connectivity index (χ4n) is 3.05. The quantitative estimate of drug-likeness (QED) is 0.835. The summed E-state index contributed by atoms with van der Waals surface area (Å²) in [6.45, 7) is 4.86. The van der Waals surface area contributed by atoms with Crippen LogP contribution >= 0.6 is 0 Å². The third-order valence-electron chi connectivity index (χ3n) is 4.32. The molecule has 1 N–H and O–H groups in total. The first-order valence-electron chi connectivity index (χ1n) is 8.18. The van der Waals surface area contributed by atoms with Crippen LogP contribution < -0.4 is 10.2 Å². The van der Waals surface area contributed by atoms with Crippen LogP contribution in [-0.2, 0) is 6.54 Å². The highest BCUT2D eigenvalue weighted by molar-refractivity contribution is 5.47. The van der Waals surface area contributed by atoms with Gasteiger partial charge in [-0.1, -0.05) is 39.5 Å². The lowest BCUT2D eigenvalue weighted by Crippen LogP contribution is -2.33. The van der Waals surface area contributed by atoms with Crippen LogP contribution in [0, 0.1) is 5.82 Å². The number of hydrogen-bond acceptors (Lipinski definition) is 3. The van der Waals surface area contributed by atoms with Gasteiger partial charge in [0.15, 0.2) is 0 Å². The molecule has 1 aliphatic rings. The first kappa shape index (κ1) is 16.2. The van der Waals surface area contributed by atoms with Crippen LogP contribution in [0.2, 0.25) is 0 Å². The number of anilines is 1. The minimum atomic E-state index is -0.256. The Morgan fingerprint density at radius 1 is 1.29 bits per heavy atom. The molecule has 0 aliphatic heterocycles. The highest BCUT2D eigenvalue weighted by atomic mass is 19.1. The van der Waals surface area contributed by atoms with Gasteiger partial charge in [-0.2, -0.15) is 0 Å². The maximum Gasteiger partial charge on any atom is 0.141 e. The molecule has 1 saturated carbocycles. The Morgan fingerprint density at radius 2 is 1.95 bits per heavy atom. The van der Waals surface area contributed by atoms with Crippen LogP contribution in [-0.4, -0.2) is 24.1 Å². The molecular formula is C17H28FN3. The van der Waals surface area contributed by atoms with E-state index >= 15 is 0 Å². The van der Waals surface area contributed by atoms with Crippen molar-refractivity contribution in [2.24, 2.45) is 0 Å². The van der Waals surface area contributed by atoms with Crippen molar-refractivity contribution in [3.05, 3.63) is 23.6 Å². The van der Waals surface area contributed by atoms with Gasteiger partial charge in [-0.05, 0) is 18.9 Å². The summed E-state index contributed by atoms with van der Waals surface area (Å²) in [5.74, 6) is 0.671. The zero-order valence-electron chi connectivity index (χ0n) is 13.5. The second kappa shape index (κ2) is 7.74. The van der Waals surface area contributed by atoms with E-state index in [0.29, 0.717) is 18.6 Å². The van der Waals surface area contributed by atoms with E-state index in [1.54, 1.807) is 6.07 Å². The molecule has 0 bridgehead atoms. The summed E-state index contributed by atoms with van der Waals surface area (Å²) < 4.78 is 13.5. The largest absolute Gasteiger partial charge is 0.356 e. The summed E-state index contributed by atoms with van der Waals surface area (Å²) in [4.78, 5) is 6.64. The molecule has 0 spiro atoms. The van der Waals surface area contributed by atoms with Gasteiger partial charge in [0, 0.05) is 31.2 Å². The molecule has 1 fully saturated rings. The van der Waals surface area contributed by atoms with Gasteiger partial charge in [0.1, 0.15) is 11.6 Å². The van der Waals surface area contributed by atoms with Gasteiger partial charge in [-0.25, -0.2) is 9.37 Å². The minimum absolute atomic E-state index is 0.256. The Labute approximate surface area is 127 Å². The van der Waals surface area contributed by atoms with Crippen molar-refractivity contribution in [2.75, 3.05) is 11.9 Å². The maximum absolute atomic E-state index is 13.5. The van der Waals surface area contributed by atoms with Gasteiger partial charge in [0.05, 0.1) is 6.20 Å². The Morgan fingerprint density at radius 3 is 2.57 bits per heavy atom. The highest BCUT2D eigenvalue weighted by Crippen LogP contribution is 2.26. The summed E-state index contributed by atoms with van der Waals surface area (Å²) in [5, 5.41) is 3.37. The van der Waals surface area contributed by atoms with E-state index in [2.05, 4.69) is 36.1 Å². The molecule has 1 aromatic heterocycles. The lowest BCUT2D eigenvalue weighted by molar-refractivity contribution is 0.538. The minimum Gasteiger partial charge on any atom is -0.356 e. The fourth-order valence-corrected chi connectivity index (χ4v) is 3.05. The Bertz CT molecular complexity index is 440. The monoisotopic (exact) mass is 293 g/mol. The standard InChI is InChI=1S/C17H28FN3/c1-13(2)19-11-14-10-15(18)12-20-17(14)21(3)16-8-6-4-5-7-9-16/h10,12-13,16,19H,4-9,11H2,1-3H3. The number of hydrogen-bond donors (Lipinski definition) is 1. The van der Waals surface area contributed by atoms with E-state index in [9.17, 15) is 4.39 Å². The second-order valence-electron chi connectivity index (χ2n) is 6.43. The average Bonchev–Trinajstić information content (AvgIpc) is 2.73. The normalized spacial score (nSPS) is 17.0. The first-order valence-corrected chi connectivity index (χ1v) is 8.18. The van der Waals surface area contributed by atoms with Crippen molar-refractivity contribution < 1.29 is 4.39 Å². The molecule has 118 valence electrons. The third-order valence-corrected chi connectivity index (χ3v) is 4.32. The predicted molar refractivity (Wildman–Crippen MR) is 86.1 cm³/mol. The van der Waals surface area contributed by atoms with Crippen molar-refractivity contribution in [3.63, 3.8) is 0 Å². The molecule has 0 saturated heterocycles. The SMILES string of the molecule is CC(C)NCc1cc(F)cnc1N(C)C1CCCCCC1. The molecule has 0 atom stereocenters. The third kappa shape index (κ3) is 4.67. The molecule has 0 amide bonds. The molecule has 1 aromatic rings. The van der Waals surface area contributed by atoms with Crippen LogP contribution in [0.15, 0.2) is 12.3 Å². The summed E-state index contributed by atoms with van der Waals surface area (Å²) in [5.41, 5.74) is 0.954. The topological polar surface area (TPSA) is 28.2 Å². The summed E-state index contributed by atoms with van der Waals surface area (Å²) in [6.07, 6.45) is 9.01. The predicted octanol–water partition coefficient (Wildman–Crippen LogP) is 3.88. The summed E-state index contributed by atoms with van der Waals surface area (Å²) in [6, 6.07) is 2.53. The molecular weight excluding hydrogens is 265 g/mol. The fraction of sp³-hybridized carbons (Fsp3) is 0.706. The van der Waals surface area contributed by atoms with E-state index in [1.165, 1.54) is 44.7 Å². The van der Waals surface area contributed by atoms with E-state index in [4.69, 9.17) is 0 Å². The van der Waals surface area contributed by atoms with Gasteiger partial charge in [-0.3, -0.25) is 0 Å². The molecule has 4 heteroatoms. The van der Waals surface area contributed by atoms with Crippen LogP contribution in [0.3, 0.4) is 0 Å². The van der Waals surface area contributed by atoms with Crippen molar-refractivity contribution in [3.8, 4) is 0 Å². The first-order chi connectivity index (χ1) is 10.1. The van der Waals surface area contributed by atoms with Crippen molar-refractivity contribution >= 4 is 5.82 Å². The van der Waals surface area contributed by atoms with Crippen molar-refractivity contribution in [1.82, 2.24) is 10.3 Å². The highest BCUT2D eigenvalue weighted by Gasteiger charge is 2.20. The number of aromatic nitrogens is 1. The average molecular weight is 293 g/mol.